The zero-order valence-electron chi connectivity index (χ0n) is 15.5. The number of unbranched alkanes of at least 4 members (excludes halogenated alkanes) is 7. The van der Waals surface area contributed by atoms with Gasteiger partial charge in [0.2, 0.25) is 0 Å². The van der Waals surface area contributed by atoms with Crippen molar-refractivity contribution in [2.45, 2.75) is 83.9 Å². The maximum absolute atomic E-state index is 13.3. The van der Waals surface area contributed by atoms with Crippen molar-refractivity contribution < 1.29 is 27.1 Å². The van der Waals surface area contributed by atoms with Crippen molar-refractivity contribution in [2.24, 2.45) is 0 Å². The van der Waals surface area contributed by atoms with E-state index < -0.39 is 35.2 Å². The van der Waals surface area contributed by atoms with Gasteiger partial charge in [0.25, 0.3) is 0 Å². The molecule has 1 aromatic carbocycles. The van der Waals surface area contributed by atoms with Gasteiger partial charge in [0.05, 0.1) is 17.2 Å². The van der Waals surface area contributed by atoms with E-state index >= 15 is 0 Å². The summed E-state index contributed by atoms with van der Waals surface area (Å²) in [5.41, 5.74) is -1.96. The molecule has 1 atom stereocenters. The van der Waals surface area contributed by atoms with Crippen LogP contribution in [-0.2, 0) is 10.9 Å². The first-order valence-electron chi connectivity index (χ1n) is 9.33. The smallest absolute Gasteiger partial charge is 0.417 e. The lowest BCUT2D eigenvalue weighted by atomic mass is 10.1. The van der Waals surface area contributed by atoms with Gasteiger partial charge in [-0.15, -0.1) is 0 Å². The van der Waals surface area contributed by atoms with E-state index in [0.29, 0.717) is 24.6 Å². The third-order valence-electron chi connectivity index (χ3n) is 4.28. The molecule has 0 N–H and O–H groups in total. The van der Waals surface area contributed by atoms with Crippen LogP contribution in [0, 0.1) is 5.82 Å². The van der Waals surface area contributed by atoms with Crippen molar-refractivity contribution in [1.29, 1.82) is 0 Å². The summed E-state index contributed by atoms with van der Waals surface area (Å²) < 4.78 is 57.2. The molecule has 0 aliphatic carbocycles. The van der Waals surface area contributed by atoms with E-state index in [9.17, 15) is 22.4 Å². The van der Waals surface area contributed by atoms with Crippen LogP contribution < -0.4 is 0 Å². The zero-order chi connectivity index (χ0) is 19.6. The van der Waals surface area contributed by atoms with Crippen LogP contribution in [0.25, 0.3) is 0 Å². The lowest BCUT2D eigenvalue weighted by Crippen LogP contribution is -2.19. The maximum atomic E-state index is 13.3. The van der Waals surface area contributed by atoms with Crippen LogP contribution in [0.15, 0.2) is 18.2 Å². The van der Waals surface area contributed by atoms with Gasteiger partial charge in [-0.25, -0.2) is 9.18 Å². The quantitative estimate of drug-likeness (QED) is 0.238. The van der Waals surface area contributed by atoms with Crippen LogP contribution in [0.1, 0.15) is 87.6 Å². The van der Waals surface area contributed by atoms with Crippen molar-refractivity contribution in [1.82, 2.24) is 0 Å². The molecule has 0 aromatic heterocycles. The summed E-state index contributed by atoms with van der Waals surface area (Å²) in [4.78, 5) is 12.0. The van der Waals surface area contributed by atoms with Gasteiger partial charge in [-0.3, -0.25) is 0 Å². The summed E-state index contributed by atoms with van der Waals surface area (Å²) in [6.07, 6.45) is 4.40. The van der Waals surface area contributed by atoms with Gasteiger partial charge < -0.3 is 4.74 Å². The molecule has 0 saturated carbocycles. The Morgan fingerprint density at radius 3 is 2.19 bits per heavy atom. The fraction of sp³-hybridized carbons (Fsp3) is 0.650. The molecule has 1 aromatic rings. The highest BCUT2D eigenvalue weighted by Crippen LogP contribution is 2.33. The first kappa shape index (κ1) is 22.5. The topological polar surface area (TPSA) is 26.3 Å². The first-order chi connectivity index (χ1) is 12.3. The van der Waals surface area contributed by atoms with Crippen molar-refractivity contribution in [2.75, 3.05) is 0 Å². The summed E-state index contributed by atoms with van der Waals surface area (Å²) in [5, 5.41) is 0. The number of ether oxygens (including phenoxy) is 1. The average Bonchev–Trinajstić information content (AvgIpc) is 2.56. The number of benzene rings is 1. The Labute approximate surface area is 152 Å². The molecule has 0 heterocycles. The number of rotatable bonds is 11. The number of esters is 1. The van der Waals surface area contributed by atoms with E-state index in [2.05, 4.69) is 6.92 Å². The van der Waals surface area contributed by atoms with Crippen LogP contribution >= 0.6 is 0 Å². The van der Waals surface area contributed by atoms with Gasteiger partial charge in [-0.05, 0) is 38.0 Å². The minimum absolute atomic E-state index is 0.507. The molecular formula is C20H28F4O2. The Morgan fingerprint density at radius 2 is 1.62 bits per heavy atom. The molecule has 0 spiro atoms. The van der Waals surface area contributed by atoms with Crippen molar-refractivity contribution in [3.63, 3.8) is 0 Å². The molecule has 0 fully saturated rings. The fourth-order valence-electron chi connectivity index (χ4n) is 2.80. The lowest BCUT2D eigenvalue weighted by Gasteiger charge is -2.16. The molecule has 0 aliphatic rings. The largest absolute Gasteiger partial charge is 0.459 e. The number of alkyl halides is 3. The second-order valence-electron chi connectivity index (χ2n) is 6.67. The lowest BCUT2D eigenvalue weighted by molar-refractivity contribution is -0.138. The summed E-state index contributed by atoms with van der Waals surface area (Å²) >= 11 is 0. The second-order valence-corrected chi connectivity index (χ2v) is 6.67. The Hall–Kier alpha value is -1.59. The summed E-state index contributed by atoms with van der Waals surface area (Å²) in [6.45, 7) is 3.82. The van der Waals surface area contributed by atoms with E-state index in [1.54, 1.807) is 6.92 Å². The zero-order valence-corrected chi connectivity index (χ0v) is 15.5. The van der Waals surface area contributed by atoms with Gasteiger partial charge in [-0.1, -0.05) is 51.9 Å². The fourth-order valence-corrected chi connectivity index (χ4v) is 2.80. The van der Waals surface area contributed by atoms with Crippen molar-refractivity contribution >= 4 is 5.97 Å². The Kier molecular flexibility index (Phi) is 9.66. The SMILES string of the molecule is CCCCCCCCCCC(C)OC(=O)c1cc(F)ccc1C(F)(F)F. The normalized spacial score (nSPS) is 12.8. The van der Waals surface area contributed by atoms with Crippen LogP contribution in [0.5, 0.6) is 0 Å². The molecule has 0 bridgehead atoms. The van der Waals surface area contributed by atoms with Crippen molar-refractivity contribution in [3.8, 4) is 0 Å². The van der Waals surface area contributed by atoms with Gasteiger partial charge in [-0.2, -0.15) is 13.2 Å². The van der Waals surface area contributed by atoms with Gasteiger partial charge in [0, 0.05) is 0 Å². The van der Waals surface area contributed by atoms with Gasteiger partial charge in [0.15, 0.2) is 0 Å². The summed E-state index contributed by atoms with van der Waals surface area (Å²) in [7, 11) is 0. The molecule has 0 amide bonds. The van der Waals surface area contributed by atoms with Crippen molar-refractivity contribution in [3.05, 3.63) is 35.1 Å². The number of carbonyl (C=O) groups excluding carboxylic acids is 1. The number of carbonyl (C=O) groups is 1. The minimum Gasteiger partial charge on any atom is -0.459 e. The first-order valence-corrected chi connectivity index (χ1v) is 9.33. The molecule has 26 heavy (non-hydrogen) atoms. The number of halogens is 4. The highest BCUT2D eigenvalue weighted by atomic mass is 19.4. The highest BCUT2D eigenvalue weighted by Gasteiger charge is 2.36. The van der Waals surface area contributed by atoms with E-state index in [-0.39, 0.29) is 0 Å². The Balaban J connectivity index is 2.42. The molecule has 148 valence electrons. The molecule has 0 aliphatic heterocycles. The standard InChI is InChI=1S/C20H28F4O2/c1-3-4-5-6-7-8-9-10-11-15(2)26-19(25)17-14-16(21)12-13-18(17)20(22,23)24/h12-15H,3-11H2,1-2H3. The van der Waals surface area contributed by atoms with Crippen LogP contribution in [0.2, 0.25) is 0 Å². The molecule has 1 unspecified atom stereocenters. The molecule has 6 heteroatoms. The number of hydrogen-bond acceptors (Lipinski definition) is 2. The number of hydrogen-bond donors (Lipinski definition) is 0. The van der Waals surface area contributed by atoms with Gasteiger partial charge >= 0.3 is 12.1 Å². The van der Waals surface area contributed by atoms with Crippen LogP contribution in [0.4, 0.5) is 17.6 Å². The molecule has 1 rings (SSSR count). The second kappa shape index (κ2) is 11.2. The van der Waals surface area contributed by atoms with Gasteiger partial charge in [0.1, 0.15) is 5.82 Å². The predicted molar refractivity (Wildman–Crippen MR) is 93.5 cm³/mol. The molecule has 0 radical (unpaired) electrons. The summed E-state index contributed by atoms with van der Waals surface area (Å²) in [6, 6.07) is 1.83. The Bertz CT molecular complexity index is 555. The van der Waals surface area contributed by atoms with E-state index in [1.807, 2.05) is 0 Å². The van der Waals surface area contributed by atoms with Crippen LogP contribution in [-0.4, -0.2) is 12.1 Å². The average molecular weight is 376 g/mol. The predicted octanol–water partition coefficient (Wildman–Crippen LogP) is 6.92. The molecule has 2 nitrogen and oxygen atoms in total. The minimum atomic E-state index is -4.73. The van der Waals surface area contributed by atoms with E-state index in [4.69, 9.17) is 4.74 Å². The van der Waals surface area contributed by atoms with Crippen LogP contribution in [0.3, 0.4) is 0 Å². The third kappa shape index (κ3) is 8.19. The molecule has 0 saturated heterocycles. The van der Waals surface area contributed by atoms with E-state index in [0.717, 1.165) is 19.3 Å². The Morgan fingerprint density at radius 1 is 1.04 bits per heavy atom. The van der Waals surface area contributed by atoms with E-state index in [1.165, 1.54) is 32.1 Å². The summed E-state index contributed by atoms with van der Waals surface area (Å²) in [5.74, 6) is -2.04. The third-order valence-corrected chi connectivity index (χ3v) is 4.28. The maximum Gasteiger partial charge on any atom is 0.417 e. The monoisotopic (exact) mass is 376 g/mol. The highest BCUT2D eigenvalue weighted by molar-refractivity contribution is 5.91. The molecular weight excluding hydrogens is 348 g/mol.